The highest BCUT2D eigenvalue weighted by atomic mass is 16.5. The first-order valence-corrected chi connectivity index (χ1v) is 7.15. The monoisotopic (exact) mass is 271 g/mol. The molecular weight excluding hydrogens is 250 g/mol. The second kappa shape index (κ2) is 5.67. The number of imidazole rings is 1. The van der Waals surface area contributed by atoms with E-state index in [4.69, 9.17) is 4.74 Å². The third-order valence-electron chi connectivity index (χ3n) is 4.13. The molecule has 2 aromatic rings. The summed E-state index contributed by atoms with van der Waals surface area (Å²) in [6.07, 6.45) is 4.23. The number of hydrogen-bond acceptors (Lipinski definition) is 3. The Morgan fingerprint density at radius 1 is 1.45 bits per heavy atom. The number of nitrogens with zero attached hydrogens (tertiary/aromatic N) is 2. The largest absolute Gasteiger partial charge is 0.497 e. The number of hydrogen-bond donors (Lipinski definition) is 1. The summed E-state index contributed by atoms with van der Waals surface area (Å²) in [5.41, 5.74) is 3.66. The average molecular weight is 271 g/mol. The van der Waals surface area contributed by atoms with Crippen molar-refractivity contribution in [1.82, 2.24) is 14.9 Å². The number of aromatic amines is 1. The van der Waals surface area contributed by atoms with Crippen molar-refractivity contribution < 1.29 is 4.74 Å². The van der Waals surface area contributed by atoms with Gasteiger partial charge in [-0.2, -0.15) is 0 Å². The molecule has 106 valence electrons. The molecule has 3 rings (SSSR count). The van der Waals surface area contributed by atoms with Crippen molar-refractivity contribution >= 4 is 0 Å². The zero-order valence-corrected chi connectivity index (χ0v) is 12.1. The van der Waals surface area contributed by atoms with Crippen LogP contribution in [-0.4, -0.2) is 28.5 Å². The Morgan fingerprint density at radius 3 is 3.10 bits per heavy atom. The fourth-order valence-corrected chi connectivity index (χ4v) is 2.98. The number of aromatic nitrogens is 2. The molecule has 1 aliphatic rings. The van der Waals surface area contributed by atoms with Crippen molar-refractivity contribution in [2.45, 2.75) is 32.4 Å². The van der Waals surface area contributed by atoms with Crippen LogP contribution < -0.4 is 4.74 Å². The van der Waals surface area contributed by atoms with Crippen LogP contribution in [0.5, 0.6) is 5.75 Å². The van der Waals surface area contributed by atoms with E-state index in [1.54, 1.807) is 13.4 Å². The number of benzene rings is 1. The van der Waals surface area contributed by atoms with Crippen LogP contribution in [0.1, 0.15) is 35.8 Å². The van der Waals surface area contributed by atoms with E-state index in [-0.39, 0.29) is 0 Å². The lowest BCUT2D eigenvalue weighted by atomic mass is 10.0. The molecule has 4 heteroatoms. The van der Waals surface area contributed by atoms with Crippen molar-refractivity contribution in [2.75, 3.05) is 13.7 Å². The maximum Gasteiger partial charge on any atom is 0.119 e. The second-order valence-corrected chi connectivity index (χ2v) is 5.38. The van der Waals surface area contributed by atoms with Gasteiger partial charge in [0.05, 0.1) is 19.1 Å². The lowest BCUT2D eigenvalue weighted by molar-refractivity contribution is 0.245. The Morgan fingerprint density at radius 2 is 2.35 bits per heavy atom. The van der Waals surface area contributed by atoms with Crippen LogP contribution in [0.4, 0.5) is 0 Å². The lowest BCUT2D eigenvalue weighted by Crippen LogP contribution is -2.23. The first-order chi connectivity index (χ1) is 9.78. The van der Waals surface area contributed by atoms with Crippen molar-refractivity contribution in [3.63, 3.8) is 0 Å². The molecule has 0 amide bonds. The minimum Gasteiger partial charge on any atom is -0.497 e. The minimum atomic E-state index is 0.473. The van der Waals surface area contributed by atoms with Crippen LogP contribution >= 0.6 is 0 Å². The lowest BCUT2D eigenvalue weighted by Gasteiger charge is -2.24. The molecule has 1 atom stereocenters. The highest BCUT2D eigenvalue weighted by Gasteiger charge is 2.27. The topological polar surface area (TPSA) is 41.1 Å². The van der Waals surface area contributed by atoms with E-state index < -0.39 is 0 Å². The van der Waals surface area contributed by atoms with Crippen molar-refractivity contribution in [3.8, 4) is 5.75 Å². The van der Waals surface area contributed by atoms with E-state index in [9.17, 15) is 0 Å². The molecule has 1 aromatic heterocycles. The van der Waals surface area contributed by atoms with Crippen molar-refractivity contribution in [3.05, 3.63) is 47.5 Å². The fraction of sp³-hybridized carbons (Fsp3) is 0.438. The molecule has 0 saturated carbocycles. The number of nitrogens with one attached hydrogen (secondary N) is 1. The van der Waals surface area contributed by atoms with Crippen LogP contribution in [0.2, 0.25) is 0 Å². The molecule has 20 heavy (non-hydrogen) atoms. The fourth-order valence-electron chi connectivity index (χ4n) is 2.98. The van der Waals surface area contributed by atoms with Gasteiger partial charge in [-0.25, -0.2) is 4.98 Å². The molecule has 0 spiro atoms. The summed E-state index contributed by atoms with van der Waals surface area (Å²) >= 11 is 0. The second-order valence-electron chi connectivity index (χ2n) is 5.38. The van der Waals surface area contributed by atoms with Crippen LogP contribution in [0.15, 0.2) is 30.6 Å². The van der Waals surface area contributed by atoms with Gasteiger partial charge >= 0.3 is 0 Å². The van der Waals surface area contributed by atoms with E-state index in [1.807, 2.05) is 6.07 Å². The highest BCUT2D eigenvalue weighted by molar-refractivity contribution is 5.31. The molecule has 1 aromatic carbocycles. The molecule has 0 radical (unpaired) electrons. The van der Waals surface area contributed by atoms with Gasteiger partial charge in [0.25, 0.3) is 0 Å². The highest BCUT2D eigenvalue weighted by Crippen LogP contribution is 2.34. The van der Waals surface area contributed by atoms with Gasteiger partial charge in [-0.1, -0.05) is 12.1 Å². The van der Waals surface area contributed by atoms with Crippen molar-refractivity contribution in [1.29, 1.82) is 0 Å². The Balaban J connectivity index is 1.79. The number of H-pyrrole nitrogens is 1. The molecule has 2 heterocycles. The Hall–Kier alpha value is -1.81. The smallest absolute Gasteiger partial charge is 0.119 e. The molecule has 0 aliphatic carbocycles. The van der Waals surface area contributed by atoms with E-state index in [1.165, 1.54) is 24.1 Å². The van der Waals surface area contributed by atoms with Crippen LogP contribution in [-0.2, 0) is 6.54 Å². The number of ether oxygens (including phenoxy) is 1. The van der Waals surface area contributed by atoms with E-state index >= 15 is 0 Å². The van der Waals surface area contributed by atoms with E-state index in [2.05, 4.69) is 40.0 Å². The quantitative estimate of drug-likeness (QED) is 0.929. The summed E-state index contributed by atoms with van der Waals surface area (Å²) in [5.74, 6) is 0.935. The molecule has 0 unspecified atom stereocenters. The summed E-state index contributed by atoms with van der Waals surface area (Å²) in [7, 11) is 1.72. The average Bonchev–Trinajstić information content (AvgIpc) is 3.09. The van der Waals surface area contributed by atoms with Gasteiger partial charge in [0.1, 0.15) is 5.75 Å². The minimum absolute atomic E-state index is 0.473. The third-order valence-corrected chi connectivity index (χ3v) is 4.13. The van der Waals surface area contributed by atoms with E-state index in [0.717, 1.165) is 24.5 Å². The van der Waals surface area contributed by atoms with Gasteiger partial charge in [0, 0.05) is 18.3 Å². The van der Waals surface area contributed by atoms with Crippen LogP contribution in [0, 0.1) is 6.92 Å². The molecule has 1 N–H and O–H groups in total. The SMILES string of the molecule is COc1cccc([C@@H]2CCCN2Cc2nc[nH]c2C)c1. The molecule has 4 nitrogen and oxygen atoms in total. The van der Waals surface area contributed by atoms with Gasteiger partial charge in [0.2, 0.25) is 0 Å². The van der Waals surface area contributed by atoms with Gasteiger partial charge in [0.15, 0.2) is 0 Å². The normalized spacial score (nSPS) is 19.4. The molecule has 1 aliphatic heterocycles. The molecule has 1 fully saturated rings. The van der Waals surface area contributed by atoms with Gasteiger partial charge in [-0.05, 0) is 44.0 Å². The Labute approximate surface area is 119 Å². The maximum absolute atomic E-state index is 5.34. The number of rotatable bonds is 4. The summed E-state index contributed by atoms with van der Waals surface area (Å²) in [4.78, 5) is 10.1. The zero-order valence-electron chi connectivity index (χ0n) is 12.1. The number of aryl methyl sites for hydroxylation is 1. The molecule has 1 saturated heterocycles. The summed E-state index contributed by atoms with van der Waals surface area (Å²) in [6, 6.07) is 8.90. The van der Waals surface area contributed by atoms with Crippen LogP contribution in [0.3, 0.4) is 0 Å². The summed E-state index contributed by atoms with van der Waals surface area (Å²) in [5, 5.41) is 0. The third kappa shape index (κ3) is 2.56. The predicted molar refractivity (Wildman–Crippen MR) is 78.7 cm³/mol. The van der Waals surface area contributed by atoms with Gasteiger partial charge < -0.3 is 9.72 Å². The first kappa shape index (κ1) is 13.2. The predicted octanol–water partition coefficient (Wildman–Crippen LogP) is 3.06. The summed E-state index contributed by atoms with van der Waals surface area (Å²) < 4.78 is 5.34. The Kier molecular flexibility index (Phi) is 3.74. The van der Waals surface area contributed by atoms with Crippen molar-refractivity contribution in [2.24, 2.45) is 0 Å². The standard InChI is InChI=1S/C16H21N3O/c1-12-15(18-11-17-12)10-19-8-4-7-16(19)13-5-3-6-14(9-13)20-2/h3,5-6,9,11,16H,4,7-8,10H2,1-2H3,(H,17,18)/t16-/m0/s1. The summed E-state index contributed by atoms with van der Waals surface area (Å²) in [6.45, 7) is 4.13. The van der Waals surface area contributed by atoms with Crippen LogP contribution in [0.25, 0.3) is 0 Å². The Bertz CT molecular complexity index is 579. The first-order valence-electron chi connectivity index (χ1n) is 7.15. The number of likely N-dealkylation sites (tertiary alicyclic amines) is 1. The van der Waals surface area contributed by atoms with Gasteiger partial charge in [-0.15, -0.1) is 0 Å². The zero-order chi connectivity index (χ0) is 13.9. The van der Waals surface area contributed by atoms with Gasteiger partial charge in [-0.3, -0.25) is 4.90 Å². The maximum atomic E-state index is 5.34. The van der Waals surface area contributed by atoms with E-state index in [0.29, 0.717) is 6.04 Å². The molecular formula is C16H21N3O. The number of methoxy groups -OCH3 is 1. The molecule has 0 bridgehead atoms.